The lowest BCUT2D eigenvalue weighted by Crippen LogP contribution is -2.31. The maximum Gasteiger partial charge on any atom is 0.255 e. The number of aliphatic hydroxyl groups is 1. The zero-order valence-electron chi connectivity index (χ0n) is 12.6. The van der Waals surface area contributed by atoms with Crippen molar-refractivity contribution in [2.75, 3.05) is 6.61 Å². The molecule has 0 bridgehead atoms. The Morgan fingerprint density at radius 1 is 1.33 bits per heavy atom. The van der Waals surface area contributed by atoms with Gasteiger partial charge in [0.15, 0.2) is 0 Å². The number of hydrogen-bond donors (Lipinski definition) is 2. The number of carbonyl (C=O) groups is 1. The first-order valence-corrected chi connectivity index (χ1v) is 7.05. The molecular weight excluding hydrogens is 266 g/mol. The van der Waals surface area contributed by atoms with Crippen molar-refractivity contribution in [2.45, 2.75) is 32.9 Å². The zero-order chi connectivity index (χ0) is 15.4. The Bertz CT molecular complexity index is 605. The average molecular weight is 287 g/mol. The highest BCUT2D eigenvalue weighted by Gasteiger charge is 2.19. The van der Waals surface area contributed by atoms with E-state index in [1.807, 2.05) is 55.8 Å². The van der Waals surface area contributed by atoms with Crippen LogP contribution in [0.2, 0.25) is 0 Å². The molecule has 0 aliphatic rings. The molecule has 0 unspecified atom stereocenters. The molecule has 2 N–H and O–H groups in total. The molecule has 2 aromatic rings. The van der Waals surface area contributed by atoms with Crippen molar-refractivity contribution in [1.29, 1.82) is 0 Å². The molecule has 0 saturated heterocycles. The van der Waals surface area contributed by atoms with Gasteiger partial charge in [-0.1, -0.05) is 30.3 Å². The highest BCUT2D eigenvalue weighted by Crippen LogP contribution is 2.16. The van der Waals surface area contributed by atoms with Crippen molar-refractivity contribution in [1.82, 2.24) is 15.1 Å². The summed E-state index contributed by atoms with van der Waals surface area (Å²) in [7, 11) is 0. The van der Waals surface area contributed by atoms with Crippen LogP contribution < -0.4 is 5.32 Å². The lowest BCUT2D eigenvalue weighted by molar-refractivity contribution is 0.0915. The Morgan fingerprint density at radius 3 is 2.52 bits per heavy atom. The largest absolute Gasteiger partial charge is 0.394 e. The molecule has 0 radical (unpaired) electrons. The van der Waals surface area contributed by atoms with Gasteiger partial charge in [-0.2, -0.15) is 5.10 Å². The number of amides is 1. The lowest BCUT2D eigenvalue weighted by atomic mass is 10.1. The Kier molecular flexibility index (Phi) is 4.75. The number of aromatic nitrogens is 2. The van der Waals surface area contributed by atoms with Crippen LogP contribution in [0, 0.1) is 6.92 Å². The van der Waals surface area contributed by atoms with E-state index in [0.717, 1.165) is 11.3 Å². The molecule has 1 amide bonds. The summed E-state index contributed by atoms with van der Waals surface area (Å²) in [4.78, 5) is 12.4. The average Bonchev–Trinajstić information content (AvgIpc) is 2.87. The number of nitrogens with zero attached hydrogens (tertiary/aromatic N) is 2. The zero-order valence-corrected chi connectivity index (χ0v) is 12.6. The molecule has 21 heavy (non-hydrogen) atoms. The van der Waals surface area contributed by atoms with Crippen LogP contribution in [0.4, 0.5) is 0 Å². The summed E-state index contributed by atoms with van der Waals surface area (Å²) in [5.41, 5.74) is 2.24. The van der Waals surface area contributed by atoms with E-state index in [1.54, 1.807) is 6.20 Å². The summed E-state index contributed by atoms with van der Waals surface area (Å²) < 4.78 is 1.81. The molecule has 112 valence electrons. The standard InChI is InChI=1S/C16H21N3O2/c1-11(2)19-12(3)14(9-17-19)16(21)18-15(10-20)13-7-5-4-6-8-13/h4-9,11,15,20H,10H2,1-3H3,(H,18,21)/t15-/m1/s1. The van der Waals surface area contributed by atoms with Crippen LogP contribution in [0.25, 0.3) is 0 Å². The normalized spacial score (nSPS) is 12.4. The van der Waals surface area contributed by atoms with E-state index in [-0.39, 0.29) is 18.6 Å². The molecule has 1 atom stereocenters. The van der Waals surface area contributed by atoms with Crippen LogP contribution in [-0.4, -0.2) is 27.4 Å². The Hall–Kier alpha value is -2.14. The maximum absolute atomic E-state index is 12.4. The SMILES string of the molecule is Cc1c(C(=O)N[C@H](CO)c2ccccc2)cnn1C(C)C. The van der Waals surface area contributed by atoms with Gasteiger partial charge in [0.05, 0.1) is 24.4 Å². The first-order chi connectivity index (χ1) is 10.0. The Morgan fingerprint density at radius 2 is 2.00 bits per heavy atom. The van der Waals surface area contributed by atoms with Crippen molar-refractivity contribution in [3.05, 3.63) is 53.3 Å². The molecule has 0 fully saturated rings. The van der Waals surface area contributed by atoms with E-state index in [4.69, 9.17) is 0 Å². The molecular formula is C16H21N3O2. The minimum atomic E-state index is -0.416. The second-order valence-corrected chi connectivity index (χ2v) is 5.30. The fraction of sp³-hybridized carbons (Fsp3) is 0.375. The molecule has 1 heterocycles. The molecule has 0 spiro atoms. The molecule has 0 aliphatic carbocycles. The van der Waals surface area contributed by atoms with E-state index in [1.165, 1.54) is 0 Å². The van der Waals surface area contributed by atoms with Gasteiger partial charge in [-0.05, 0) is 26.3 Å². The van der Waals surface area contributed by atoms with E-state index in [9.17, 15) is 9.90 Å². The van der Waals surface area contributed by atoms with Gasteiger partial charge in [0.25, 0.3) is 5.91 Å². The first-order valence-electron chi connectivity index (χ1n) is 7.05. The molecule has 1 aromatic heterocycles. The first kappa shape index (κ1) is 15.3. The van der Waals surface area contributed by atoms with Crippen LogP contribution in [0.1, 0.15) is 47.5 Å². The molecule has 5 heteroatoms. The summed E-state index contributed by atoms with van der Waals surface area (Å²) in [5.74, 6) is -0.220. The van der Waals surface area contributed by atoms with Crippen molar-refractivity contribution in [3.63, 3.8) is 0 Å². The van der Waals surface area contributed by atoms with Gasteiger partial charge in [0.2, 0.25) is 0 Å². The van der Waals surface area contributed by atoms with Gasteiger partial charge in [0.1, 0.15) is 0 Å². The van der Waals surface area contributed by atoms with Crippen molar-refractivity contribution < 1.29 is 9.90 Å². The van der Waals surface area contributed by atoms with Crippen LogP contribution in [0.3, 0.4) is 0 Å². The van der Waals surface area contributed by atoms with Crippen LogP contribution in [0.5, 0.6) is 0 Å². The number of benzene rings is 1. The van der Waals surface area contributed by atoms with Gasteiger partial charge in [-0.3, -0.25) is 9.48 Å². The number of carbonyl (C=O) groups excluding carboxylic acids is 1. The predicted molar refractivity (Wildman–Crippen MR) is 81.1 cm³/mol. The van der Waals surface area contributed by atoms with E-state index < -0.39 is 6.04 Å². The van der Waals surface area contributed by atoms with Gasteiger partial charge in [-0.15, -0.1) is 0 Å². The molecule has 5 nitrogen and oxygen atoms in total. The van der Waals surface area contributed by atoms with Crippen molar-refractivity contribution in [2.24, 2.45) is 0 Å². The smallest absolute Gasteiger partial charge is 0.255 e. The van der Waals surface area contributed by atoms with Gasteiger partial charge >= 0.3 is 0 Å². The summed E-state index contributed by atoms with van der Waals surface area (Å²) in [5, 5.41) is 16.6. The second kappa shape index (κ2) is 6.54. The number of aliphatic hydroxyl groups excluding tert-OH is 1. The van der Waals surface area contributed by atoms with Crippen LogP contribution >= 0.6 is 0 Å². The quantitative estimate of drug-likeness (QED) is 0.886. The minimum Gasteiger partial charge on any atom is -0.394 e. The monoisotopic (exact) mass is 287 g/mol. The van der Waals surface area contributed by atoms with Gasteiger partial charge in [0, 0.05) is 11.7 Å². The molecule has 0 saturated carbocycles. The Labute approximate surface area is 124 Å². The summed E-state index contributed by atoms with van der Waals surface area (Å²) in [6.45, 7) is 5.76. The van der Waals surface area contributed by atoms with Gasteiger partial charge < -0.3 is 10.4 Å². The third-order valence-corrected chi connectivity index (χ3v) is 3.47. The fourth-order valence-electron chi connectivity index (χ4n) is 2.32. The number of rotatable bonds is 5. The highest BCUT2D eigenvalue weighted by atomic mass is 16.3. The predicted octanol–water partition coefficient (Wildman–Crippen LogP) is 2.24. The molecule has 2 rings (SSSR count). The third-order valence-electron chi connectivity index (χ3n) is 3.47. The number of hydrogen-bond acceptors (Lipinski definition) is 3. The summed E-state index contributed by atoms with van der Waals surface area (Å²) in [6, 6.07) is 9.21. The van der Waals surface area contributed by atoms with E-state index >= 15 is 0 Å². The van der Waals surface area contributed by atoms with Crippen molar-refractivity contribution >= 4 is 5.91 Å². The number of nitrogens with one attached hydrogen (secondary N) is 1. The maximum atomic E-state index is 12.4. The van der Waals surface area contributed by atoms with Crippen molar-refractivity contribution in [3.8, 4) is 0 Å². The second-order valence-electron chi connectivity index (χ2n) is 5.30. The van der Waals surface area contributed by atoms with Gasteiger partial charge in [-0.25, -0.2) is 0 Å². The molecule has 1 aromatic carbocycles. The van der Waals surface area contributed by atoms with E-state index in [0.29, 0.717) is 5.56 Å². The fourth-order valence-corrected chi connectivity index (χ4v) is 2.32. The highest BCUT2D eigenvalue weighted by molar-refractivity contribution is 5.95. The Balaban J connectivity index is 2.17. The lowest BCUT2D eigenvalue weighted by Gasteiger charge is -2.16. The van der Waals surface area contributed by atoms with Crippen LogP contribution in [0.15, 0.2) is 36.5 Å². The molecule has 0 aliphatic heterocycles. The minimum absolute atomic E-state index is 0.146. The summed E-state index contributed by atoms with van der Waals surface area (Å²) in [6.07, 6.45) is 1.57. The van der Waals surface area contributed by atoms with E-state index in [2.05, 4.69) is 10.4 Å². The van der Waals surface area contributed by atoms with Crippen LogP contribution in [-0.2, 0) is 0 Å². The topological polar surface area (TPSA) is 67.2 Å². The third kappa shape index (κ3) is 3.31. The summed E-state index contributed by atoms with van der Waals surface area (Å²) >= 11 is 0.